The molecule has 0 amide bonds. The van der Waals surface area contributed by atoms with E-state index in [2.05, 4.69) is 0 Å². The molecule has 1 heteroatoms. The molecule has 1 aromatic heterocycles. The third-order valence-electron chi connectivity index (χ3n) is 4.89. The predicted octanol–water partition coefficient (Wildman–Crippen LogP) is 6.86. The van der Waals surface area contributed by atoms with Crippen molar-refractivity contribution in [2.45, 2.75) is 54.2 Å². The van der Waals surface area contributed by atoms with Gasteiger partial charge in [0.15, 0.2) is 6.20 Å². The molecule has 0 saturated heterocycles. The molecule has 1 nitrogen and oxygen atoms in total. The fourth-order valence-corrected chi connectivity index (χ4v) is 3.61. The Morgan fingerprint density at radius 2 is 1.52 bits per heavy atom. The molecule has 3 rings (SSSR count). The van der Waals surface area contributed by atoms with Crippen molar-refractivity contribution in [1.82, 2.24) is 0 Å². The zero-order valence-electron chi connectivity index (χ0n) is 25.3. The van der Waals surface area contributed by atoms with Crippen LogP contribution in [0.4, 0.5) is 0 Å². The van der Waals surface area contributed by atoms with E-state index < -0.39 is 19.6 Å². The molecule has 0 N–H and O–H groups in total. The van der Waals surface area contributed by atoms with Crippen LogP contribution in [0.3, 0.4) is 0 Å². The van der Waals surface area contributed by atoms with Crippen molar-refractivity contribution in [2.75, 3.05) is 0 Å². The van der Waals surface area contributed by atoms with E-state index in [-0.39, 0.29) is 17.4 Å². The summed E-state index contributed by atoms with van der Waals surface area (Å²) in [6.45, 7) is 6.75. The van der Waals surface area contributed by atoms with Gasteiger partial charge in [0.25, 0.3) is 0 Å². The SMILES string of the molecule is [2H]C([2H])([2H])c1cc(C)c(-c2cc(C([2H])([2H])C(C)C)c(C([2H])([2H])C(C)C)c[n+]2C)cc1-c1ccccc1. The number of hydrogen-bond donors (Lipinski definition) is 0. The average Bonchev–Trinajstić information content (AvgIpc) is 2.78. The normalized spacial score (nSPS) is 16.5. The predicted molar refractivity (Wildman–Crippen MR) is 125 cm³/mol. The van der Waals surface area contributed by atoms with Gasteiger partial charge in [0.2, 0.25) is 5.69 Å². The van der Waals surface area contributed by atoms with E-state index in [1.165, 1.54) is 0 Å². The van der Waals surface area contributed by atoms with Gasteiger partial charge in [0, 0.05) is 26.8 Å². The van der Waals surface area contributed by atoms with Gasteiger partial charge in [0.05, 0.1) is 0 Å². The van der Waals surface area contributed by atoms with E-state index in [0.717, 1.165) is 16.7 Å². The lowest BCUT2D eigenvalue weighted by Crippen LogP contribution is -2.32. The van der Waals surface area contributed by atoms with Crippen LogP contribution in [0, 0.1) is 25.6 Å². The van der Waals surface area contributed by atoms with Gasteiger partial charge in [-0.2, -0.15) is 0 Å². The van der Waals surface area contributed by atoms with Gasteiger partial charge >= 0.3 is 0 Å². The van der Waals surface area contributed by atoms with Gasteiger partial charge < -0.3 is 0 Å². The second kappa shape index (κ2) is 8.95. The molecule has 0 aliphatic rings. The smallest absolute Gasteiger partial charge is 0.201 e. The Balaban J connectivity index is 2.40. The largest absolute Gasteiger partial charge is 0.212 e. The van der Waals surface area contributed by atoms with Gasteiger partial charge in [-0.1, -0.05) is 64.1 Å². The first-order chi connectivity index (χ1) is 16.5. The maximum Gasteiger partial charge on any atom is 0.212 e. The van der Waals surface area contributed by atoms with Crippen molar-refractivity contribution in [3.63, 3.8) is 0 Å². The van der Waals surface area contributed by atoms with Crippen molar-refractivity contribution in [1.29, 1.82) is 0 Å². The zero-order valence-corrected chi connectivity index (χ0v) is 18.3. The average molecular weight is 394 g/mol. The first kappa shape index (κ1) is 13.7. The molecule has 0 unspecified atom stereocenters. The number of hydrogen-bond acceptors (Lipinski definition) is 0. The summed E-state index contributed by atoms with van der Waals surface area (Å²) in [5.74, 6) is -0.728. The zero-order chi connectivity index (χ0) is 27.2. The van der Waals surface area contributed by atoms with E-state index in [4.69, 9.17) is 9.60 Å². The fraction of sp³-hybridized carbons (Fsp3) is 0.393. The highest BCUT2D eigenvalue weighted by Crippen LogP contribution is 2.32. The first-order valence-electron chi connectivity index (χ1n) is 13.7. The topological polar surface area (TPSA) is 3.88 Å². The Bertz CT molecular complexity index is 1240. The molecular weight excluding hydrogens is 350 g/mol. The van der Waals surface area contributed by atoms with Crippen molar-refractivity contribution in [2.24, 2.45) is 18.9 Å². The third kappa shape index (κ3) is 4.96. The van der Waals surface area contributed by atoms with Crippen LogP contribution in [-0.4, -0.2) is 0 Å². The lowest BCUT2D eigenvalue weighted by molar-refractivity contribution is -0.660. The van der Waals surface area contributed by atoms with Gasteiger partial charge in [0.1, 0.15) is 7.05 Å². The van der Waals surface area contributed by atoms with Crippen LogP contribution in [-0.2, 0) is 19.8 Å². The Labute approximate surface area is 187 Å². The van der Waals surface area contributed by atoms with Crippen molar-refractivity contribution in [3.8, 4) is 22.4 Å². The van der Waals surface area contributed by atoms with Crippen molar-refractivity contribution in [3.05, 3.63) is 77.0 Å². The van der Waals surface area contributed by atoms with E-state index in [9.17, 15) is 0 Å². The van der Waals surface area contributed by atoms with Crippen LogP contribution in [0.15, 0.2) is 54.7 Å². The number of benzene rings is 2. The summed E-state index contributed by atoms with van der Waals surface area (Å²) in [5, 5.41) is 0. The van der Waals surface area contributed by atoms with Gasteiger partial charge in [-0.15, -0.1) is 0 Å². The fourth-order valence-electron chi connectivity index (χ4n) is 3.61. The molecule has 0 aliphatic heterocycles. The lowest BCUT2D eigenvalue weighted by atomic mass is 9.90. The molecule has 0 aliphatic carbocycles. The summed E-state index contributed by atoms with van der Waals surface area (Å²) in [6, 6.07) is 14.7. The van der Waals surface area contributed by atoms with Crippen LogP contribution in [0.25, 0.3) is 22.4 Å². The van der Waals surface area contributed by atoms with E-state index in [1.54, 1.807) is 46.0 Å². The van der Waals surface area contributed by atoms with Crippen molar-refractivity contribution >= 4 is 0 Å². The molecule has 0 fully saturated rings. The summed E-state index contributed by atoms with van der Waals surface area (Å²) in [5.41, 5.74) is 4.55. The molecule has 3 aromatic rings. The molecule has 1 heterocycles. The Hall–Kier alpha value is -2.41. The minimum absolute atomic E-state index is 0.267. The first-order valence-corrected chi connectivity index (χ1v) is 10.2. The number of pyridine rings is 1. The Kier molecular flexibility index (Phi) is 4.24. The number of nitrogens with zero attached hydrogens (tertiary/aromatic N) is 1. The highest BCUT2D eigenvalue weighted by molar-refractivity contribution is 5.75. The number of aryl methyl sites for hydroxylation is 3. The molecule has 2 aromatic carbocycles. The standard InChI is InChI=1S/C28H36N/c1-19(2)13-24-16-28(29(7)18-25(24)14-20(3)4)27-17-26(21(5)15-22(27)6)23-11-9-8-10-12-23/h8-12,15-20H,13-14H2,1-7H3/q+1/i5D3,13D2,14D2. The number of aromatic nitrogens is 1. The molecule has 0 atom stereocenters. The second-order valence-electron chi connectivity index (χ2n) is 8.27. The second-order valence-corrected chi connectivity index (χ2v) is 8.27. The molecular formula is C28H36N+. The minimum atomic E-state index is -2.30. The Morgan fingerprint density at radius 3 is 2.14 bits per heavy atom. The number of rotatable bonds is 6. The van der Waals surface area contributed by atoms with Crippen LogP contribution >= 0.6 is 0 Å². The maximum atomic E-state index is 8.88. The lowest BCUT2D eigenvalue weighted by Gasteiger charge is -2.16. The van der Waals surface area contributed by atoms with Crippen molar-refractivity contribution < 1.29 is 14.2 Å². The van der Waals surface area contributed by atoms with Crippen LogP contribution in [0.2, 0.25) is 0 Å². The van der Waals surface area contributed by atoms with Gasteiger partial charge in [-0.25, -0.2) is 4.57 Å². The third-order valence-corrected chi connectivity index (χ3v) is 4.89. The summed E-state index contributed by atoms with van der Waals surface area (Å²) < 4.78 is 61.4. The Morgan fingerprint density at radius 1 is 0.862 bits per heavy atom. The quantitative estimate of drug-likeness (QED) is 0.403. The van der Waals surface area contributed by atoms with Crippen LogP contribution < -0.4 is 4.57 Å². The van der Waals surface area contributed by atoms with E-state index in [1.807, 2.05) is 54.9 Å². The maximum absolute atomic E-state index is 8.88. The van der Waals surface area contributed by atoms with Crippen LogP contribution in [0.1, 0.15) is 59.5 Å². The molecule has 29 heavy (non-hydrogen) atoms. The van der Waals surface area contributed by atoms with Gasteiger partial charge in [-0.3, -0.25) is 0 Å². The molecule has 0 saturated carbocycles. The summed E-state index contributed by atoms with van der Waals surface area (Å²) in [4.78, 5) is 0. The van der Waals surface area contributed by atoms with E-state index >= 15 is 0 Å². The molecule has 0 spiro atoms. The molecule has 0 bridgehead atoms. The monoisotopic (exact) mass is 393 g/mol. The van der Waals surface area contributed by atoms with E-state index in [0.29, 0.717) is 22.4 Å². The molecule has 0 radical (unpaired) electrons. The summed E-state index contributed by atoms with van der Waals surface area (Å²) in [6.07, 6.45) is -1.80. The summed E-state index contributed by atoms with van der Waals surface area (Å²) in [7, 11) is 1.82. The van der Waals surface area contributed by atoms with Crippen LogP contribution in [0.5, 0.6) is 0 Å². The highest BCUT2D eigenvalue weighted by Gasteiger charge is 2.20. The highest BCUT2D eigenvalue weighted by atomic mass is 14.9. The van der Waals surface area contributed by atoms with Gasteiger partial charge in [-0.05, 0) is 72.2 Å². The molecule has 152 valence electrons. The minimum Gasteiger partial charge on any atom is -0.201 e. The summed E-state index contributed by atoms with van der Waals surface area (Å²) >= 11 is 0.